The van der Waals surface area contributed by atoms with Crippen molar-refractivity contribution in [2.45, 2.75) is 4.90 Å². The highest BCUT2D eigenvalue weighted by Crippen LogP contribution is 2.25. The van der Waals surface area contributed by atoms with E-state index in [2.05, 4.69) is 4.40 Å². The highest BCUT2D eigenvalue weighted by Gasteiger charge is 2.25. The van der Waals surface area contributed by atoms with Gasteiger partial charge in [-0.25, -0.2) is 9.18 Å². The van der Waals surface area contributed by atoms with Crippen LogP contribution in [0.5, 0.6) is 0 Å². The molecule has 0 aromatic heterocycles. The summed E-state index contributed by atoms with van der Waals surface area (Å²) in [6, 6.07) is 1.79. The van der Waals surface area contributed by atoms with Gasteiger partial charge in [-0.2, -0.15) is 8.42 Å². The van der Waals surface area contributed by atoms with E-state index in [1.54, 1.807) is 0 Å². The molecule has 0 saturated heterocycles. The van der Waals surface area contributed by atoms with Crippen LogP contribution < -0.4 is 0 Å². The number of nitrogens with zero attached hydrogens (tertiary/aromatic N) is 2. The lowest BCUT2D eigenvalue weighted by molar-refractivity contribution is -0.388. The average molecular weight is 246 g/mol. The molecule has 0 atom stereocenters. The van der Waals surface area contributed by atoms with E-state index in [1.165, 1.54) is 0 Å². The predicted octanol–water partition coefficient (Wildman–Crippen LogP) is 0.758. The number of carbonyl (C=O) groups excluding carboxylic acids is 1. The Morgan fingerprint density at radius 2 is 2.06 bits per heavy atom. The van der Waals surface area contributed by atoms with Gasteiger partial charge >= 0.3 is 0 Å². The first kappa shape index (κ1) is 12.0. The Morgan fingerprint density at radius 3 is 2.56 bits per heavy atom. The van der Waals surface area contributed by atoms with Gasteiger partial charge in [-0.1, -0.05) is 4.40 Å². The third-order valence-electron chi connectivity index (χ3n) is 1.55. The molecule has 0 amide bonds. The minimum absolute atomic E-state index is 0.424. The van der Waals surface area contributed by atoms with Crippen molar-refractivity contribution >= 4 is 21.8 Å². The van der Waals surface area contributed by atoms with Gasteiger partial charge in [-0.15, -0.1) is 0 Å². The predicted molar refractivity (Wildman–Crippen MR) is 48.4 cm³/mol. The van der Waals surface area contributed by atoms with Crippen molar-refractivity contribution in [3.8, 4) is 0 Å². The van der Waals surface area contributed by atoms with Crippen LogP contribution >= 0.6 is 0 Å². The molecule has 0 aliphatic rings. The lowest BCUT2D eigenvalue weighted by Gasteiger charge is -1.98. The lowest BCUT2D eigenvalue weighted by atomic mass is 10.3. The fourth-order valence-corrected chi connectivity index (χ4v) is 1.78. The van der Waals surface area contributed by atoms with Crippen LogP contribution in [-0.4, -0.2) is 19.4 Å². The number of hydrogen-bond donors (Lipinski definition) is 0. The van der Waals surface area contributed by atoms with Crippen LogP contribution in [0.3, 0.4) is 0 Å². The summed E-state index contributed by atoms with van der Waals surface area (Å²) in [7, 11) is -4.51. The van der Waals surface area contributed by atoms with E-state index in [4.69, 9.17) is 0 Å². The maximum atomic E-state index is 12.7. The number of halogens is 1. The zero-order valence-electron chi connectivity index (χ0n) is 7.45. The van der Waals surface area contributed by atoms with E-state index in [9.17, 15) is 27.7 Å². The van der Waals surface area contributed by atoms with Gasteiger partial charge in [0.2, 0.25) is 0 Å². The third-order valence-corrected chi connectivity index (χ3v) is 2.77. The molecule has 9 heteroatoms. The largest absolute Gasteiger partial charge is 0.299 e. The second kappa shape index (κ2) is 4.17. The summed E-state index contributed by atoms with van der Waals surface area (Å²) >= 11 is 0. The summed E-state index contributed by atoms with van der Waals surface area (Å²) in [6.07, 6.45) is 0.758. The Bertz CT molecular complexity index is 591. The first-order valence-electron chi connectivity index (χ1n) is 3.66. The SMILES string of the molecule is O=C=NS(=O)(=O)c1ccc(F)cc1[N+](=O)[O-]. The molecule has 1 aromatic rings. The minimum Gasteiger partial charge on any atom is -0.258 e. The van der Waals surface area contributed by atoms with Gasteiger partial charge in [0.15, 0.2) is 4.90 Å². The summed E-state index contributed by atoms with van der Waals surface area (Å²) < 4.78 is 37.5. The average Bonchev–Trinajstić information content (AvgIpc) is 2.16. The van der Waals surface area contributed by atoms with Gasteiger partial charge in [0.25, 0.3) is 21.8 Å². The maximum Gasteiger partial charge on any atom is 0.299 e. The van der Waals surface area contributed by atoms with E-state index in [1.807, 2.05) is 0 Å². The number of sulfonamides is 1. The van der Waals surface area contributed by atoms with E-state index in [-0.39, 0.29) is 0 Å². The molecule has 84 valence electrons. The van der Waals surface area contributed by atoms with E-state index in [0.717, 1.165) is 6.08 Å². The second-order valence-electron chi connectivity index (χ2n) is 2.53. The van der Waals surface area contributed by atoms with E-state index in [0.29, 0.717) is 18.2 Å². The zero-order valence-corrected chi connectivity index (χ0v) is 8.27. The molecule has 0 fully saturated rings. The quantitative estimate of drug-likeness (QED) is 0.338. The standard InChI is InChI=1S/C7H3FN2O5S/c8-5-1-2-7(6(3-5)10(12)13)16(14,15)9-4-11/h1-3H. The number of nitro benzene ring substituents is 1. The Morgan fingerprint density at radius 1 is 1.44 bits per heavy atom. The maximum absolute atomic E-state index is 12.7. The molecule has 16 heavy (non-hydrogen) atoms. The zero-order chi connectivity index (χ0) is 12.3. The van der Waals surface area contributed by atoms with Crippen molar-refractivity contribution in [2.75, 3.05) is 0 Å². The second-order valence-corrected chi connectivity index (χ2v) is 4.10. The summed E-state index contributed by atoms with van der Waals surface area (Å²) in [5, 5.41) is 10.5. The van der Waals surface area contributed by atoms with E-state index >= 15 is 0 Å². The van der Waals surface area contributed by atoms with Crippen LogP contribution in [0.15, 0.2) is 27.5 Å². The number of nitro groups is 1. The molecule has 1 aromatic carbocycles. The molecule has 0 aliphatic heterocycles. The summed E-state index contributed by atoms with van der Waals surface area (Å²) in [5.41, 5.74) is -0.987. The van der Waals surface area contributed by atoms with Gasteiger partial charge < -0.3 is 0 Å². The number of isocyanates is 1. The Labute approximate surface area is 88.4 Å². The van der Waals surface area contributed by atoms with Crippen molar-refractivity contribution in [1.29, 1.82) is 0 Å². The minimum atomic E-state index is -4.51. The van der Waals surface area contributed by atoms with Crippen LogP contribution in [0.2, 0.25) is 0 Å². The molecular formula is C7H3FN2O5S. The smallest absolute Gasteiger partial charge is 0.258 e. The molecule has 0 bridgehead atoms. The number of benzene rings is 1. The first-order valence-corrected chi connectivity index (χ1v) is 5.10. The molecule has 0 radical (unpaired) electrons. The van der Waals surface area contributed by atoms with E-state index < -0.39 is 31.3 Å². The highest BCUT2D eigenvalue weighted by molar-refractivity contribution is 7.90. The van der Waals surface area contributed by atoms with Crippen molar-refractivity contribution in [2.24, 2.45) is 4.40 Å². The van der Waals surface area contributed by atoms with Gasteiger partial charge in [-0.3, -0.25) is 10.1 Å². The molecule has 1 rings (SSSR count). The normalized spacial score (nSPS) is 10.6. The third kappa shape index (κ3) is 2.27. The lowest BCUT2D eigenvalue weighted by Crippen LogP contribution is -2.02. The van der Waals surface area contributed by atoms with Gasteiger partial charge in [-0.05, 0) is 12.1 Å². The van der Waals surface area contributed by atoms with Crippen LogP contribution in [0.25, 0.3) is 0 Å². The molecule has 0 unspecified atom stereocenters. The highest BCUT2D eigenvalue weighted by atomic mass is 32.2. The monoisotopic (exact) mass is 246 g/mol. The van der Waals surface area contributed by atoms with Gasteiger partial charge in [0, 0.05) is 0 Å². The van der Waals surface area contributed by atoms with Crippen LogP contribution in [-0.2, 0) is 14.8 Å². The van der Waals surface area contributed by atoms with Gasteiger partial charge in [0.1, 0.15) is 5.82 Å². The number of hydrogen-bond acceptors (Lipinski definition) is 5. The van der Waals surface area contributed by atoms with Crippen molar-refractivity contribution in [3.05, 3.63) is 34.1 Å². The fraction of sp³-hybridized carbons (Fsp3) is 0. The van der Waals surface area contributed by atoms with Crippen LogP contribution in [0.1, 0.15) is 0 Å². The Hall–Kier alpha value is -2.12. The summed E-state index contributed by atoms with van der Waals surface area (Å²) in [4.78, 5) is 18.3. The Balaban J connectivity index is 3.58. The molecule has 0 aliphatic carbocycles. The first-order chi connectivity index (χ1) is 7.38. The van der Waals surface area contributed by atoms with Crippen molar-refractivity contribution < 1.29 is 22.5 Å². The molecule has 0 saturated carbocycles. The summed E-state index contributed by atoms with van der Waals surface area (Å²) in [5.74, 6) is -0.972. The topological polar surface area (TPSA) is 107 Å². The molecule has 7 nitrogen and oxygen atoms in total. The van der Waals surface area contributed by atoms with Crippen molar-refractivity contribution in [3.63, 3.8) is 0 Å². The molecular weight excluding hydrogens is 243 g/mol. The molecule has 0 N–H and O–H groups in total. The van der Waals surface area contributed by atoms with Crippen molar-refractivity contribution in [1.82, 2.24) is 0 Å². The Kier molecular flexibility index (Phi) is 3.11. The number of rotatable bonds is 3. The fourth-order valence-electron chi connectivity index (χ4n) is 0.950. The summed E-state index contributed by atoms with van der Waals surface area (Å²) in [6.45, 7) is 0. The van der Waals surface area contributed by atoms with Crippen LogP contribution in [0, 0.1) is 15.9 Å². The van der Waals surface area contributed by atoms with Crippen LogP contribution in [0.4, 0.5) is 10.1 Å². The van der Waals surface area contributed by atoms with Gasteiger partial charge in [0.05, 0.1) is 11.0 Å². The molecule has 0 spiro atoms. The molecule has 0 heterocycles.